The Hall–Kier alpha value is -0.540. The zero-order valence-electron chi connectivity index (χ0n) is 9.20. The van der Waals surface area contributed by atoms with Gasteiger partial charge in [0.1, 0.15) is 0 Å². The summed E-state index contributed by atoms with van der Waals surface area (Å²) in [6.45, 7) is 6.64. The lowest BCUT2D eigenvalue weighted by molar-refractivity contribution is 0.407. The van der Waals surface area contributed by atoms with Gasteiger partial charge in [0, 0.05) is 35.3 Å². The SMILES string of the molecule is CC1CN(c2cccc(Br)c2)C[C@@H](C)N1. The molecule has 0 amide bonds. The molecule has 1 saturated heterocycles. The predicted molar refractivity (Wildman–Crippen MR) is 68.4 cm³/mol. The first-order valence-electron chi connectivity index (χ1n) is 5.41. The van der Waals surface area contributed by atoms with Gasteiger partial charge in [-0.15, -0.1) is 0 Å². The Kier molecular flexibility index (Phi) is 3.32. The summed E-state index contributed by atoms with van der Waals surface area (Å²) in [5, 5.41) is 3.54. The third kappa shape index (κ3) is 2.73. The molecule has 1 aliphatic heterocycles. The van der Waals surface area contributed by atoms with Crippen LogP contribution in [0, 0.1) is 0 Å². The Morgan fingerprint density at radius 2 is 1.93 bits per heavy atom. The van der Waals surface area contributed by atoms with Crippen molar-refractivity contribution >= 4 is 21.6 Å². The van der Waals surface area contributed by atoms with Gasteiger partial charge in [0.2, 0.25) is 0 Å². The van der Waals surface area contributed by atoms with Crippen LogP contribution in [0.5, 0.6) is 0 Å². The summed E-state index contributed by atoms with van der Waals surface area (Å²) < 4.78 is 1.15. The number of anilines is 1. The lowest BCUT2D eigenvalue weighted by atomic mass is 10.1. The molecule has 0 aliphatic carbocycles. The molecule has 0 aromatic heterocycles. The van der Waals surface area contributed by atoms with E-state index in [-0.39, 0.29) is 0 Å². The number of benzene rings is 1. The molecule has 15 heavy (non-hydrogen) atoms. The van der Waals surface area contributed by atoms with Crippen molar-refractivity contribution in [2.45, 2.75) is 25.9 Å². The number of rotatable bonds is 1. The van der Waals surface area contributed by atoms with Gasteiger partial charge in [-0.3, -0.25) is 0 Å². The van der Waals surface area contributed by atoms with Crippen molar-refractivity contribution in [3.63, 3.8) is 0 Å². The second-order valence-electron chi connectivity index (χ2n) is 4.35. The molecule has 3 heteroatoms. The minimum absolute atomic E-state index is 0.563. The van der Waals surface area contributed by atoms with E-state index in [0.29, 0.717) is 12.1 Å². The number of hydrogen-bond acceptors (Lipinski definition) is 2. The summed E-state index contributed by atoms with van der Waals surface area (Å²) in [5.74, 6) is 0. The fourth-order valence-electron chi connectivity index (χ4n) is 2.21. The lowest BCUT2D eigenvalue weighted by Gasteiger charge is -2.37. The monoisotopic (exact) mass is 268 g/mol. The molecule has 2 atom stereocenters. The molecule has 0 bridgehead atoms. The largest absolute Gasteiger partial charge is 0.368 e. The number of halogens is 1. The van der Waals surface area contributed by atoms with E-state index in [9.17, 15) is 0 Å². The van der Waals surface area contributed by atoms with Crippen molar-refractivity contribution < 1.29 is 0 Å². The highest BCUT2D eigenvalue weighted by Crippen LogP contribution is 2.21. The van der Waals surface area contributed by atoms with E-state index in [1.807, 2.05) is 0 Å². The molecule has 1 fully saturated rings. The van der Waals surface area contributed by atoms with Gasteiger partial charge in [-0.2, -0.15) is 0 Å². The first-order chi connectivity index (χ1) is 7.15. The molecule has 2 nitrogen and oxygen atoms in total. The average molecular weight is 269 g/mol. The highest BCUT2D eigenvalue weighted by atomic mass is 79.9. The van der Waals surface area contributed by atoms with Crippen LogP contribution in [0.2, 0.25) is 0 Å². The zero-order chi connectivity index (χ0) is 10.8. The topological polar surface area (TPSA) is 15.3 Å². The highest BCUT2D eigenvalue weighted by molar-refractivity contribution is 9.10. The van der Waals surface area contributed by atoms with Crippen LogP contribution >= 0.6 is 15.9 Å². The standard InChI is InChI=1S/C12H17BrN2/c1-9-7-15(8-10(2)14-9)12-5-3-4-11(13)6-12/h3-6,9-10,14H,7-8H2,1-2H3/t9-,10?/m1/s1. The Morgan fingerprint density at radius 3 is 2.53 bits per heavy atom. The molecular weight excluding hydrogens is 252 g/mol. The molecule has 1 N–H and O–H groups in total. The van der Waals surface area contributed by atoms with E-state index in [4.69, 9.17) is 0 Å². The van der Waals surface area contributed by atoms with Crippen LogP contribution in [0.4, 0.5) is 5.69 Å². The van der Waals surface area contributed by atoms with E-state index in [1.54, 1.807) is 0 Å². The van der Waals surface area contributed by atoms with E-state index in [0.717, 1.165) is 17.6 Å². The van der Waals surface area contributed by atoms with Gasteiger partial charge in [0.15, 0.2) is 0 Å². The van der Waals surface area contributed by atoms with Gasteiger partial charge < -0.3 is 10.2 Å². The number of piperazine rings is 1. The van der Waals surface area contributed by atoms with Crippen LogP contribution in [0.3, 0.4) is 0 Å². The van der Waals surface area contributed by atoms with Gasteiger partial charge in [-0.25, -0.2) is 0 Å². The summed E-state index contributed by atoms with van der Waals surface area (Å²) in [6.07, 6.45) is 0. The van der Waals surface area contributed by atoms with E-state index < -0.39 is 0 Å². The molecular formula is C12H17BrN2. The maximum atomic E-state index is 3.54. The minimum atomic E-state index is 0.563. The Morgan fingerprint density at radius 1 is 1.27 bits per heavy atom. The van der Waals surface area contributed by atoms with Gasteiger partial charge in [0.05, 0.1) is 0 Å². The van der Waals surface area contributed by atoms with Crippen LogP contribution in [0.15, 0.2) is 28.7 Å². The van der Waals surface area contributed by atoms with Crippen molar-refractivity contribution in [3.05, 3.63) is 28.7 Å². The van der Waals surface area contributed by atoms with Crippen LogP contribution in [0.1, 0.15) is 13.8 Å². The number of nitrogens with zero attached hydrogens (tertiary/aromatic N) is 1. The van der Waals surface area contributed by atoms with E-state index >= 15 is 0 Å². The van der Waals surface area contributed by atoms with Crippen molar-refractivity contribution in [2.24, 2.45) is 0 Å². The van der Waals surface area contributed by atoms with Crippen LogP contribution in [0.25, 0.3) is 0 Å². The van der Waals surface area contributed by atoms with Crippen LogP contribution in [-0.2, 0) is 0 Å². The van der Waals surface area contributed by atoms with Crippen molar-refractivity contribution in [3.8, 4) is 0 Å². The second kappa shape index (κ2) is 4.54. The lowest BCUT2D eigenvalue weighted by Crippen LogP contribution is -2.54. The molecule has 0 radical (unpaired) electrons. The first-order valence-corrected chi connectivity index (χ1v) is 6.21. The van der Waals surface area contributed by atoms with E-state index in [2.05, 4.69) is 64.3 Å². The van der Waals surface area contributed by atoms with Gasteiger partial charge in [0.25, 0.3) is 0 Å². The Bertz CT molecular complexity index is 330. The molecule has 1 heterocycles. The van der Waals surface area contributed by atoms with Gasteiger partial charge in [-0.1, -0.05) is 22.0 Å². The second-order valence-corrected chi connectivity index (χ2v) is 5.27. The quantitative estimate of drug-likeness (QED) is 0.843. The summed E-state index contributed by atoms with van der Waals surface area (Å²) in [5.41, 5.74) is 1.31. The smallest absolute Gasteiger partial charge is 0.0378 e. The maximum absolute atomic E-state index is 3.54. The number of nitrogens with one attached hydrogen (secondary N) is 1. The summed E-state index contributed by atoms with van der Waals surface area (Å²) in [4.78, 5) is 2.44. The fourth-order valence-corrected chi connectivity index (χ4v) is 2.60. The Balaban J connectivity index is 2.16. The highest BCUT2D eigenvalue weighted by Gasteiger charge is 2.20. The van der Waals surface area contributed by atoms with Crippen molar-refractivity contribution in [1.29, 1.82) is 0 Å². The van der Waals surface area contributed by atoms with Crippen LogP contribution < -0.4 is 10.2 Å². The number of hydrogen-bond donors (Lipinski definition) is 1. The molecule has 0 saturated carbocycles. The first kappa shape index (κ1) is 11.0. The third-order valence-corrected chi connectivity index (χ3v) is 3.22. The Labute approximate surface area is 99.8 Å². The zero-order valence-corrected chi connectivity index (χ0v) is 10.8. The molecule has 1 aliphatic rings. The fraction of sp³-hybridized carbons (Fsp3) is 0.500. The summed E-state index contributed by atoms with van der Waals surface area (Å²) >= 11 is 3.52. The molecule has 82 valence electrons. The molecule has 1 aromatic carbocycles. The summed E-state index contributed by atoms with van der Waals surface area (Å²) in [6, 6.07) is 9.65. The van der Waals surface area contributed by atoms with E-state index in [1.165, 1.54) is 5.69 Å². The molecule has 1 unspecified atom stereocenters. The normalized spacial score (nSPS) is 26.7. The molecule has 2 rings (SSSR count). The molecule has 1 aromatic rings. The van der Waals surface area contributed by atoms with Crippen LogP contribution in [-0.4, -0.2) is 25.2 Å². The van der Waals surface area contributed by atoms with Crippen molar-refractivity contribution in [1.82, 2.24) is 5.32 Å². The minimum Gasteiger partial charge on any atom is -0.368 e. The summed E-state index contributed by atoms with van der Waals surface area (Å²) in [7, 11) is 0. The van der Waals surface area contributed by atoms with Crippen molar-refractivity contribution in [2.75, 3.05) is 18.0 Å². The van der Waals surface area contributed by atoms with Gasteiger partial charge >= 0.3 is 0 Å². The third-order valence-electron chi connectivity index (χ3n) is 2.73. The molecule has 0 spiro atoms. The predicted octanol–water partition coefficient (Wildman–Crippen LogP) is 2.64. The average Bonchev–Trinajstić information content (AvgIpc) is 2.16. The van der Waals surface area contributed by atoms with Gasteiger partial charge in [-0.05, 0) is 32.0 Å². The maximum Gasteiger partial charge on any atom is 0.0378 e.